The second-order valence-electron chi connectivity index (χ2n) is 7.44. The molecule has 4 aromatic carbocycles. The Kier molecular flexibility index (Phi) is 5.50. The first-order chi connectivity index (χ1) is 14.9. The van der Waals surface area contributed by atoms with Gasteiger partial charge in [-0.15, -0.1) is 0 Å². The van der Waals surface area contributed by atoms with Crippen molar-refractivity contribution in [2.45, 2.75) is 9.74 Å². The van der Waals surface area contributed by atoms with Gasteiger partial charge in [0.25, 0.3) is 0 Å². The lowest BCUT2D eigenvalue weighted by Gasteiger charge is -2.40. The summed E-state index contributed by atoms with van der Waals surface area (Å²) in [4.78, 5) is -3.76. The third-order valence-electron chi connectivity index (χ3n) is 5.66. The van der Waals surface area contributed by atoms with Crippen LogP contribution in [-0.2, 0) is 19.6 Å². The molecule has 0 saturated heterocycles. The molecule has 4 nitrogen and oxygen atoms in total. The summed E-state index contributed by atoms with van der Waals surface area (Å²) in [7, 11) is -4.32. The maximum Gasteiger partial charge on any atom is 0.204 e. The van der Waals surface area contributed by atoms with Crippen LogP contribution in [0.15, 0.2) is 121 Å². The van der Waals surface area contributed by atoms with Crippen molar-refractivity contribution in [3.05, 3.63) is 144 Å². The minimum atomic E-state index is -4.32. The second kappa shape index (κ2) is 8.12. The zero-order valence-corrected chi connectivity index (χ0v) is 17.7. The average Bonchev–Trinajstić information content (AvgIpc) is 2.85. The van der Waals surface area contributed by atoms with Crippen LogP contribution < -0.4 is 11.5 Å². The fourth-order valence-corrected chi connectivity index (χ4v) is 6.24. The predicted molar refractivity (Wildman–Crippen MR) is 125 cm³/mol. The van der Waals surface area contributed by atoms with E-state index in [1.54, 1.807) is 97.1 Å². The van der Waals surface area contributed by atoms with E-state index < -0.39 is 19.6 Å². The Bertz CT molecular complexity index is 1070. The Balaban J connectivity index is 2.08. The monoisotopic (exact) mass is 428 g/mol. The number of sulfone groups is 1. The van der Waals surface area contributed by atoms with E-state index in [1.807, 2.05) is 24.3 Å². The molecule has 0 aliphatic rings. The molecule has 0 bridgehead atoms. The second-order valence-corrected chi connectivity index (χ2v) is 9.73. The van der Waals surface area contributed by atoms with Gasteiger partial charge in [-0.25, -0.2) is 8.42 Å². The molecule has 0 unspecified atom stereocenters. The Hall–Kier alpha value is -3.25. The van der Waals surface area contributed by atoms with Crippen molar-refractivity contribution < 1.29 is 8.42 Å². The molecule has 4 rings (SSSR count). The molecule has 0 aliphatic heterocycles. The zero-order valence-electron chi connectivity index (χ0n) is 16.9. The summed E-state index contributed by atoms with van der Waals surface area (Å²) in [5, 5.41) is 0. The van der Waals surface area contributed by atoms with E-state index >= 15 is 0 Å². The van der Waals surface area contributed by atoms with Gasteiger partial charge in [0.2, 0.25) is 9.84 Å². The zero-order chi connectivity index (χ0) is 22.0. The molecule has 0 atom stereocenters. The lowest BCUT2D eigenvalue weighted by molar-refractivity contribution is 0.520. The smallest absolute Gasteiger partial charge is 0.204 e. The number of nitrogens with two attached hydrogens (primary N) is 2. The normalized spacial score (nSPS) is 12.5. The summed E-state index contributed by atoms with van der Waals surface area (Å²) in [6.07, 6.45) is 0. The molecule has 31 heavy (non-hydrogen) atoms. The number of benzene rings is 4. The third-order valence-corrected chi connectivity index (χ3v) is 8.30. The Morgan fingerprint density at radius 2 is 0.613 bits per heavy atom. The van der Waals surface area contributed by atoms with E-state index in [4.69, 9.17) is 11.5 Å². The van der Waals surface area contributed by atoms with Crippen molar-refractivity contribution in [3.8, 4) is 0 Å². The number of hydrogen-bond acceptors (Lipinski definition) is 4. The highest BCUT2D eigenvalue weighted by molar-refractivity contribution is 7.93. The predicted octanol–water partition coefficient (Wildman–Crippen LogP) is 4.12. The van der Waals surface area contributed by atoms with Crippen molar-refractivity contribution in [2.24, 2.45) is 11.5 Å². The summed E-state index contributed by atoms with van der Waals surface area (Å²) >= 11 is 0. The van der Waals surface area contributed by atoms with Gasteiger partial charge >= 0.3 is 0 Å². The molecule has 156 valence electrons. The maximum absolute atomic E-state index is 14.6. The average molecular weight is 429 g/mol. The van der Waals surface area contributed by atoms with E-state index in [0.29, 0.717) is 22.3 Å². The summed E-state index contributed by atoms with van der Waals surface area (Å²) in [5.41, 5.74) is 15.6. The summed E-state index contributed by atoms with van der Waals surface area (Å²) in [6.45, 7) is 0. The molecule has 0 heterocycles. The maximum atomic E-state index is 14.6. The van der Waals surface area contributed by atoms with Gasteiger partial charge in [0.1, 0.15) is 0 Å². The van der Waals surface area contributed by atoms with E-state index in [0.717, 1.165) is 0 Å². The summed E-state index contributed by atoms with van der Waals surface area (Å²) in [5.74, 6) is 0. The Morgan fingerprint density at radius 1 is 0.419 bits per heavy atom. The summed E-state index contributed by atoms with van der Waals surface area (Å²) in [6, 6.07) is 35.3. The topological polar surface area (TPSA) is 86.2 Å². The first-order valence-corrected chi connectivity index (χ1v) is 11.4. The van der Waals surface area contributed by atoms with Crippen LogP contribution in [0.3, 0.4) is 0 Å². The van der Waals surface area contributed by atoms with Gasteiger partial charge in [0.15, 0.2) is 9.74 Å². The van der Waals surface area contributed by atoms with Crippen LogP contribution in [0.1, 0.15) is 22.3 Å². The van der Waals surface area contributed by atoms with Crippen LogP contribution in [-0.4, -0.2) is 8.42 Å². The molecular formula is C26H24N2O2S. The highest BCUT2D eigenvalue weighted by Gasteiger charge is 2.56. The van der Waals surface area contributed by atoms with Crippen molar-refractivity contribution in [2.75, 3.05) is 0 Å². The standard InChI is InChI=1S/C26H24N2O2S/c27-25(21-13-5-1-6-14-21,22-15-7-2-8-16-22)31(29,30)26(28,23-17-9-3-10-18-23)24-19-11-4-12-20-24/h1-20H,27-28H2. The first kappa shape index (κ1) is 21.0. The van der Waals surface area contributed by atoms with Crippen molar-refractivity contribution in [1.29, 1.82) is 0 Å². The minimum absolute atomic E-state index is 0.447. The molecule has 0 fully saturated rings. The van der Waals surface area contributed by atoms with E-state index in [1.165, 1.54) is 0 Å². The molecule has 4 aromatic rings. The quantitative estimate of drug-likeness (QED) is 0.484. The van der Waals surface area contributed by atoms with Crippen LogP contribution in [0.4, 0.5) is 0 Å². The fourth-order valence-electron chi connectivity index (χ4n) is 3.95. The van der Waals surface area contributed by atoms with Crippen LogP contribution in [0.2, 0.25) is 0 Å². The van der Waals surface area contributed by atoms with Gasteiger partial charge in [-0.05, 0) is 22.3 Å². The Morgan fingerprint density at radius 3 is 0.806 bits per heavy atom. The molecule has 0 aliphatic carbocycles. The molecule has 0 radical (unpaired) electrons. The molecular weight excluding hydrogens is 404 g/mol. The van der Waals surface area contributed by atoms with Crippen molar-refractivity contribution in [1.82, 2.24) is 0 Å². The first-order valence-electron chi connectivity index (χ1n) is 9.96. The van der Waals surface area contributed by atoms with Gasteiger partial charge in [-0.3, -0.25) is 0 Å². The highest BCUT2D eigenvalue weighted by Crippen LogP contribution is 2.44. The molecule has 0 aromatic heterocycles. The van der Waals surface area contributed by atoms with Crippen LogP contribution in [0.5, 0.6) is 0 Å². The lowest BCUT2D eigenvalue weighted by atomic mass is 9.98. The SMILES string of the molecule is NC(c1ccccc1)(c1ccccc1)S(=O)(=O)C(N)(c1ccccc1)c1ccccc1. The summed E-state index contributed by atoms with van der Waals surface area (Å²) < 4.78 is 29.3. The number of rotatable bonds is 6. The lowest BCUT2D eigenvalue weighted by Crippen LogP contribution is -2.59. The van der Waals surface area contributed by atoms with Crippen LogP contribution in [0, 0.1) is 0 Å². The third kappa shape index (κ3) is 3.27. The van der Waals surface area contributed by atoms with E-state index in [-0.39, 0.29) is 0 Å². The molecule has 5 heteroatoms. The number of hydrogen-bond donors (Lipinski definition) is 2. The molecule has 0 spiro atoms. The van der Waals surface area contributed by atoms with Crippen LogP contribution >= 0.6 is 0 Å². The van der Waals surface area contributed by atoms with Gasteiger partial charge in [-0.2, -0.15) is 0 Å². The van der Waals surface area contributed by atoms with Gasteiger partial charge in [0, 0.05) is 0 Å². The van der Waals surface area contributed by atoms with E-state index in [2.05, 4.69) is 0 Å². The van der Waals surface area contributed by atoms with Gasteiger partial charge in [0.05, 0.1) is 0 Å². The Labute approximate surface area is 183 Å². The van der Waals surface area contributed by atoms with Crippen molar-refractivity contribution >= 4 is 9.84 Å². The highest BCUT2D eigenvalue weighted by atomic mass is 32.2. The molecule has 0 amide bonds. The van der Waals surface area contributed by atoms with E-state index in [9.17, 15) is 8.42 Å². The molecule has 0 saturated carbocycles. The molecule has 4 N–H and O–H groups in total. The fraction of sp³-hybridized carbons (Fsp3) is 0.0769. The van der Waals surface area contributed by atoms with Crippen molar-refractivity contribution in [3.63, 3.8) is 0 Å². The largest absolute Gasteiger partial charge is 0.305 e. The minimum Gasteiger partial charge on any atom is -0.305 e. The van der Waals surface area contributed by atoms with Gasteiger partial charge < -0.3 is 11.5 Å². The van der Waals surface area contributed by atoms with Gasteiger partial charge in [-0.1, -0.05) is 121 Å². The van der Waals surface area contributed by atoms with Crippen LogP contribution in [0.25, 0.3) is 0 Å².